The van der Waals surface area contributed by atoms with Crippen LogP contribution < -0.4 is 5.32 Å². The number of alkyl halides is 6. The van der Waals surface area contributed by atoms with E-state index in [0.29, 0.717) is 29.7 Å². The van der Waals surface area contributed by atoms with Crippen LogP contribution in [-0.2, 0) is 11.0 Å². The number of aromatic nitrogens is 5. The standard InChI is InChI=1S/C27H24F6N8O2/c1-15(40-6-8-41(9-7-40)23(42)13-26(28,29)30)16-4-5-34-22(11-16)39-25(43)24-37-18-3-2-17(10-20(18)38-24)19-12-21(27(31,32)33)36-14-35-19/h2-5,10-12,14-15H,6-9,13H2,1H3,(H,37,38)(H,34,39,43). The van der Waals surface area contributed by atoms with Crippen molar-refractivity contribution in [1.29, 1.82) is 0 Å². The van der Waals surface area contributed by atoms with Gasteiger partial charge in [0.25, 0.3) is 5.91 Å². The molecule has 1 unspecified atom stereocenters. The molecule has 10 nitrogen and oxygen atoms in total. The van der Waals surface area contributed by atoms with Crippen LogP contribution in [0.4, 0.5) is 32.2 Å². The van der Waals surface area contributed by atoms with E-state index < -0.39 is 36.3 Å². The van der Waals surface area contributed by atoms with E-state index in [1.165, 1.54) is 23.2 Å². The molecule has 3 aromatic heterocycles. The Morgan fingerprint density at radius 3 is 2.42 bits per heavy atom. The van der Waals surface area contributed by atoms with E-state index in [1.807, 2.05) is 11.8 Å². The summed E-state index contributed by atoms with van der Waals surface area (Å²) in [4.78, 5) is 46.6. The lowest BCUT2D eigenvalue weighted by Crippen LogP contribution is -2.50. The SMILES string of the molecule is CC(c1ccnc(NC(=O)c2nc3ccc(-c4cc(C(F)(F)F)ncn4)cc3[nH]2)c1)N1CCN(C(=O)CC(F)(F)F)CC1. The van der Waals surface area contributed by atoms with Crippen LogP contribution in [0.25, 0.3) is 22.3 Å². The third kappa shape index (κ3) is 7.07. The zero-order valence-electron chi connectivity index (χ0n) is 22.5. The van der Waals surface area contributed by atoms with Gasteiger partial charge in [0.1, 0.15) is 24.3 Å². The molecule has 2 N–H and O–H groups in total. The molecule has 43 heavy (non-hydrogen) atoms. The van der Waals surface area contributed by atoms with Crippen LogP contribution in [-0.4, -0.2) is 78.9 Å². The molecule has 0 spiro atoms. The lowest BCUT2D eigenvalue weighted by molar-refractivity contribution is -0.162. The molecule has 1 fully saturated rings. The summed E-state index contributed by atoms with van der Waals surface area (Å²) in [7, 11) is 0. The maximum absolute atomic E-state index is 13.1. The van der Waals surface area contributed by atoms with Gasteiger partial charge in [0.15, 0.2) is 5.82 Å². The van der Waals surface area contributed by atoms with E-state index >= 15 is 0 Å². The molecule has 226 valence electrons. The van der Waals surface area contributed by atoms with E-state index in [0.717, 1.165) is 18.0 Å². The zero-order valence-corrected chi connectivity index (χ0v) is 22.5. The molecule has 0 radical (unpaired) electrons. The molecule has 0 bridgehead atoms. The number of nitrogens with zero attached hydrogens (tertiary/aromatic N) is 6. The van der Waals surface area contributed by atoms with Gasteiger partial charge in [-0.1, -0.05) is 6.07 Å². The fraction of sp³-hybridized carbons (Fsp3) is 0.333. The Labute approximate surface area is 240 Å². The minimum atomic E-state index is -4.63. The van der Waals surface area contributed by atoms with Crippen LogP contribution in [0.1, 0.15) is 41.3 Å². The minimum Gasteiger partial charge on any atom is -0.340 e. The Morgan fingerprint density at radius 1 is 0.977 bits per heavy atom. The first-order valence-corrected chi connectivity index (χ1v) is 13.0. The van der Waals surface area contributed by atoms with Gasteiger partial charge in [-0.05, 0) is 42.8 Å². The summed E-state index contributed by atoms with van der Waals surface area (Å²) in [6, 6.07) is 8.68. The molecule has 1 aliphatic heterocycles. The highest BCUT2D eigenvalue weighted by atomic mass is 19.4. The molecule has 1 aromatic carbocycles. The molecule has 16 heteroatoms. The summed E-state index contributed by atoms with van der Waals surface area (Å²) in [5.74, 6) is -1.37. The van der Waals surface area contributed by atoms with E-state index in [9.17, 15) is 35.9 Å². The van der Waals surface area contributed by atoms with Gasteiger partial charge in [0, 0.05) is 44.0 Å². The van der Waals surface area contributed by atoms with Crippen molar-refractivity contribution in [2.45, 2.75) is 31.7 Å². The molecular weight excluding hydrogens is 582 g/mol. The minimum absolute atomic E-state index is 0.0503. The maximum atomic E-state index is 13.1. The Balaban J connectivity index is 1.24. The van der Waals surface area contributed by atoms with Crippen LogP contribution in [0.15, 0.2) is 48.9 Å². The molecule has 4 aromatic rings. The number of pyridine rings is 1. The van der Waals surface area contributed by atoms with Gasteiger partial charge < -0.3 is 15.2 Å². The van der Waals surface area contributed by atoms with Gasteiger partial charge >= 0.3 is 12.4 Å². The number of amides is 2. The highest BCUT2D eigenvalue weighted by Gasteiger charge is 2.35. The number of rotatable bonds is 6. The number of nitrogens with one attached hydrogen (secondary N) is 2. The van der Waals surface area contributed by atoms with Gasteiger partial charge in [-0.3, -0.25) is 14.5 Å². The lowest BCUT2D eigenvalue weighted by atomic mass is 10.1. The summed E-state index contributed by atoms with van der Waals surface area (Å²) in [5, 5.41) is 2.66. The molecule has 1 atom stereocenters. The second-order valence-corrected chi connectivity index (χ2v) is 9.92. The maximum Gasteiger partial charge on any atom is 0.433 e. The molecule has 2 amide bonds. The van der Waals surface area contributed by atoms with Crippen LogP contribution in [0.5, 0.6) is 0 Å². The number of fused-ring (bicyclic) bond motifs is 1. The van der Waals surface area contributed by atoms with Gasteiger partial charge in [-0.15, -0.1) is 0 Å². The molecule has 1 saturated heterocycles. The quantitative estimate of drug-likeness (QED) is 0.302. The number of benzene rings is 1. The number of anilines is 1. The second kappa shape index (κ2) is 11.6. The Kier molecular flexibility index (Phi) is 8.05. The summed E-state index contributed by atoms with van der Waals surface area (Å²) in [6.07, 6.45) is -8.32. The zero-order chi connectivity index (χ0) is 30.9. The largest absolute Gasteiger partial charge is 0.433 e. The van der Waals surface area contributed by atoms with Gasteiger partial charge in [0.2, 0.25) is 5.91 Å². The van der Waals surface area contributed by atoms with Crippen molar-refractivity contribution in [2.75, 3.05) is 31.5 Å². The third-order valence-electron chi connectivity index (χ3n) is 7.02. The van der Waals surface area contributed by atoms with Gasteiger partial charge in [0.05, 0.1) is 16.7 Å². The monoisotopic (exact) mass is 606 g/mol. The Bertz CT molecular complexity index is 1650. The first kappa shape index (κ1) is 29.9. The topological polar surface area (TPSA) is 120 Å². The number of carbonyl (C=O) groups excluding carboxylic acids is 2. The number of carbonyl (C=O) groups is 2. The number of aromatic amines is 1. The highest BCUT2D eigenvalue weighted by Crippen LogP contribution is 2.30. The summed E-state index contributed by atoms with van der Waals surface area (Å²) in [6.45, 7) is 3.00. The van der Waals surface area contributed by atoms with E-state index in [-0.39, 0.29) is 36.5 Å². The number of hydrogen-bond acceptors (Lipinski definition) is 7. The van der Waals surface area contributed by atoms with Crippen molar-refractivity contribution >= 4 is 28.7 Å². The molecular formula is C27H24F6N8O2. The van der Waals surface area contributed by atoms with Crippen LogP contribution in [0.3, 0.4) is 0 Å². The average Bonchev–Trinajstić information content (AvgIpc) is 3.40. The van der Waals surface area contributed by atoms with Crippen molar-refractivity contribution in [3.63, 3.8) is 0 Å². The molecule has 4 heterocycles. The van der Waals surface area contributed by atoms with Crippen molar-refractivity contribution in [2.24, 2.45) is 0 Å². The third-order valence-corrected chi connectivity index (χ3v) is 7.02. The number of H-pyrrole nitrogens is 1. The smallest absolute Gasteiger partial charge is 0.340 e. The Hall–Kier alpha value is -4.60. The van der Waals surface area contributed by atoms with Gasteiger partial charge in [-0.2, -0.15) is 26.3 Å². The van der Waals surface area contributed by atoms with Crippen molar-refractivity contribution < 1.29 is 35.9 Å². The molecule has 0 aliphatic carbocycles. The van der Waals surface area contributed by atoms with Crippen molar-refractivity contribution in [3.05, 3.63) is 66.0 Å². The summed E-state index contributed by atoms with van der Waals surface area (Å²) in [5.41, 5.74) is 0.932. The van der Waals surface area contributed by atoms with Crippen LogP contribution in [0, 0.1) is 0 Å². The number of hydrogen-bond donors (Lipinski definition) is 2. The number of halogens is 6. The predicted octanol–water partition coefficient (Wildman–Crippen LogP) is 4.84. The normalized spacial score (nSPS) is 15.5. The fourth-order valence-corrected chi connectivity index (χ4v) is 4.75. The van der Waals surface area contributed by atoms with E-state index in [1.54, 1.807) is 18.2 Å². The van der Waals surface area contributed by atoms with Crippen molar-refractivity contribution in [1.82, 2.24) is 34.7 Å². The van der Waals surface area contributed by atoms with Crippen LogP contribution in [0.2, 0.25) is 0 Å². The predicted molar refractivity (Wildman–Crippen MR) is 142 cm³/mol. The summed E-state index contributed by atoms with van der Waals surface area (Å²) >= 11 is 0. The highest BCUT2D eigenvalue weighted by molar-refractivity contribution is 6.03. The lowest BCUT2D eigenvalue weighted by Gasteiger charge is -2.38. The molecule has 1 aliphatic rings. The Morgan fingerprint density at radius 2 is 1.72 bits per heavy atom. The number of imidazole rings is 1. The van der Waals surface area contributed by atoms with E-state index in [4.69, 9.17) is 0 Å². The van der Waals surface area contributed by atoms with Gasteiger partial charge in [-0.25, -0.2) is 19.9 Å². The first-order chi connectivity index (χ1) is 20.3. The second-order valence-electron chi connectivity index (χ2n) is 9.92. The van der Waals surface area contributed by atoms with Crippen LogP contribution >= 0.6 is 0 Å². The first-order valence-electron chi connectivity index (χ1n) is 13.0. The molecule has 0 saturated carbocycles. The number of piperazine rings is 1. The fourth-order valence-electron chi connectivity index (χ4n) is 4.75. The van der Waals surface area contributed by atoms with Crippen molar-refractivity contribution in [3.8, 4) is 11.3 Å². The molecule has 5 rings (SSSR count). The average molecular weight is 607 g/mol. The summed E-state index contributed by atoms with van der Waals surface area (Å²) < 4.78 is 76.9. The van der Waals surface area contributed by atoms with E-state index in [2.05, 4.69) is 30.2 Å².